The van der Waals surface area contributed by atoms with Crippen LogP contribution in [0.5, 0.6) is 0 Å². The van der Waals surface area contributed by atoms with Gasteiger partial charge in [0, 0.05) is 19.3 Å². The second-order valence-electron chi connectivity index (χ2n) is 24.7. The fourth-order valence-corrected chi connectivity index (χ4v) is 11.4. The Hall–Kier alpha value is -3.79. The molecule has 0 aromatic carbocycles. The van der Waals surface area contributed by atoms with Crippen LogP contribution >= 0.6 is 15.6 Å². The summed E-state index contributed by atoms with van der Waals surface area (Å²) in [6.07, 6.45) is 80.0. The molecule has 0 radical (unpaired) electrons. The molecular formula is C77H134O16P2. The molecule has 4 N–H and O–H groups in total. The van der Waals surface area contributed by atoms with Crippen LogP contribution in [0.4, 0.5) is 0 Å². The summed E-state index contributed by atoms with van der Waals surface area (Å²) in [7, 11) is -9.79. The van der Waals surface area contributed by atoms with Crippen LogP contribution in [0.25, 0.3) is 0 Å². The summed E-state index contributed by atoms with van der Waals surface area (Å²) in [5, 5.41) is 20.6. The molecule has 5 unspecified atom stereocenters. The van der Waals surface area contributed by atoms with E-state index in [9.17, 15) is 43.5 Å². The van der Waals surface area contributed by atoms with Crippen molar-refractivity contribution in [1.82, 2.24) is 0 Å². The number of hydrogen-bond donors (Lipinski definition) is 4. The third kappa shape index (κ3) is 71.3. The van der Waals surface area contributed by atoms with Gasteiger partial charge in [-0.2, -0.15) is 0 Å². The van der Waals surface area contributed by atoms with E-state index in [1.54, 1.807) is 0 Å². The van der Waals surface area contributed by atoms with Gasteiger partial charge in [-0.25, -0.2) is 9.13 Å². The number of unbranched alkanes of at least 4 members (excludes halogenated alkanes) is 29. The Morgan fingerprint density at radius 2 is 0.558 bits per heavy atom. The number of carbonyl (C=O) groups excluding carboxylic acids is 3. The van der Waals surface area contributed by atoms with E-state index in [0.29, 0.717) is 19.3 Å². The molecule has 548 valence electrons. The Morgan fingerprint density at radius 3 is 0.916 bits per heavy atom. The van der Waals surface area contributed by atoms with E-state index >= 15 is 0 Å². The first kappa shape index (κ1) is 91.2. The van der Waals surface area contributed by atoms with E-state index in [1.165, 1.54) is 122 Å². The number of rotatable bonds is 70. The highest BCUT2D eigenvalue weighted by atomic mass is 31.2. The summed E-state index contributed by atoms with van der Waals surface area (Å²) >= 11 is 0. The molecule has 0 bridgehead atoms. The lowest BCUT2D eigenvalue weighted by atomic mass is 10.0. The zero-order chi connectivity index (χ0) is 69.5. The molecule has 0 aliphatic rings. The van der Waals surface area contributed by atoms with Crippen LogP contribution in [0.1, 0.15) is 303 Å². The van der Waals surface area contributed by atoms with E-state index in [-0.39, 0.29) is 19.3 Å². The van der Waals surface area contributed by atoms with Crippen molar-refractivity contribution in [3.05, 3.63) is 109 Å². The molecule has 0 spiro atoms. The predicted molar refractivity (Wildman–Crippen MR) is 390 cm³/mol. The van der Waals surface area contributed by atoms with Crippen LogP contribution in [0.2, 0.25) is 0 Å². The van der Waals surface area contributed by atoms with Crippen LogP contribution < -0.4 is 0 Å². The highest BCUT2D eigenvalue weighted by Crippen LogP contribution is 2.45. The summed E-state index contributed by atoms with van der Waals surface area (Å²) in [4.78, 5) is 58.5. The van der Waals surface area contributed by atoms with E-state index in [4.69, 9.17) is 32.3 Å². The number of aliphatic hydroxyl groups is 2. The lowest BCUT2D eigenvalue weighted by molar-refractivity contribution is -0.161. The van der Waals surface area contributed by atoms with Gasteiger partial charge in [0.25, 0.3) is 0 Å². The fourth-order valence-electron chi connectivity index (χ4n) is 9.82. The molecule has 16 nitrogen and oxygen atoms in total. The van der Waals surface area contributed by atoms with Gasteiger partial charge in [0.1, 0.15) is 25.4 Å². The van der Waals surface area contributed by atoms with Gasteiger partial charge in [-0.05, 0) is 109 Å². The first-order valence-electron chi connectivity index (χ1n) is 37.2. The van der Waals surface area contributed by atoms with Gasteiger partial charge in [0.15, 0.2) is 6.10 Å². The molecule has 0 rings (SSSR count). The van der Waals surface area contributed by atoms with Crippen LogP contribution in [-0.2, 0) is 55.8 Å². The smallest absolute Gasteiger partial charge is 0.463 e. The lowest BCUT2D eigenvalue weighted by Gasteiger charge is -2.21. The van der Waals surface area contributed by atoms with Crippen LogP contribution in [0, 0.1) is 0 Å². The molecule has 0 amide bonds. The van der Waals surface area contributed by atoms with Crippen molar-refractivity contribution < 1.29 is 75.8 Å². The molecule has 0 aromatic heterocycles. The molecule has 0 aliphatic heterocycles. The Kier molecular flexibility index (Phi) is 67.3. The minimum atomic E-state index is -4.93. The molecule has 0 heterocycles. The number of carbonyl (C=O) groups is 3. The standard InChI is InChI=1S/C77H134O16P2/c1-4-7-10-13-16-19-22-25-27-29-31-32-33-34-35-36-37-38-40-42-43-46-48-51-54-57-60-63-75(80)87-66-72(78)67-89-94(83,84)90-68-73(79)69-91-95(85,86)92-71-74(93-77(82)65-62-59-56-53-50-45-24-21-18-15-12-9-6-3)70-88-76(81)64-61-58-55-52-49-47-44-41-39-30-28-26-23-20-17-14-11-8-5-2/h8,11,16-17,19-20,25-28,31-32,34-35,39,41,47,49,72-74,78-79H,4-7,9-10,12-15,18,21-24,29-30,33,36-38,40,42-46,48,50-71H2,1-3H3,(H,83,84)(H,85,86)/b11-8-,19-16-,20-17-,27-25-,28-26-,32-31-,35-34-,41-39-,49-47-. The van der Waals surface area contributed by atoms with Gasteiger partial charge < -0.3 is 34.2 Å². The summed E-state index contributed by atoms with van der Waals surface area (Å²) in [6.45, 7) is 2.50. The number of ether oxygens (including phenoxy) is 3. The number of allylic oxidation sites excluding steroid dienone is 18. The average molecular weight is 1380 g/mol. The maximum atomic E-state index is 12.9. The summed E-state index contributed by atoms with van der Waals surface area (Å²) in [5.41, 5.74) is 0. The van der Waals surface area contributed by atoms with Gasteiger partial charge in [0.2, 0.25) is 0 Å². The SMILES string of the molecule is CC/C=C\C/C=C\C/C=C\C/C=C\C/C=C\CCCCCC(=O)OCC(COP(=O)(O)OCC(O)COP(=O)(O)OCC(O)COC(=O)CCCCCCCCCCCCC/C=C\C/C=C\C/C=C\C/C=C\CCCCC)OC(=O)CCCCCCCCCCCCCCC. The predicted octanol–water partition coefficient (Wildman–Crippen LogP) is 21.2. The molecule has 5 atom stereocenters. The number of aliphatic hydroxyl groups excluding tert-OH is 2. The van der Waals surface area contributed by atoms with Crippen LogP contribution in [0.15, 0.2) is 109 Å². The quantitative estimate of drug-likeness (QED) is 0.0146. The Balaban J connectivity index is 4.54. The van der Waals surface area contributed by atoms with E-state index in [1.807, 2.05) is 0 Å². The molecule has 0 saturated carbocycles. The molecule has 0 fully saturated rings. The topological polar surface area (TPSA) is 231 Å². The average Bonchev–Trinajstić information content (AvgIpc) is 2.12. The van der Waals surface area contributed by atoms with E-state index in [0.717, 1.165) is 122 Å². The molecule has 18 heteroatoms. The van der Waals surface area contributed by atoms with Crippen molar-refractivity contribution >= 4 is 33.6 Å². The summed E-state index contributed by atoms with van der Waals surface area (Å²) in [6, 6.07) is 0. The molecular weight excluding hydrogens is 1240 g/mol. The maximum absolute atomic E-state index is 12.9. The van der Waals surface area contributed by atoms with E-state index < -0.39 is 91.5 Å². The minimum absolute atomic E-state index is 0.0985. The molecule has 95 heavy (non-hydrogen) atoms. The normalized spacial score (nSPS) is 14.7. The third-order valence-electron chi connectivity index (χ3n) is 15.5. The highest BCUT2D eigenvalue weighted by Gasteiger charge is 2.29. The Morgan fingerprint density at radius 1 is 0.305 bits per heavy atom. The minimum Gasteiger partial charge on any atom is -0.463 e. The van der Waals surface area contributed by atoms with Crippen molar-refractivity contribution in [2.24, 2.45) is 0 Å². The van der Waals surface area contributed by atoms with Gasteiger partial charge >= 0.3 is 33.6 Å². The molecule has 0 aromatic rings. The lowest BCUT2D eigenvalue weighted by Crippen LogP contribution is -2.30. The van der Waals surface area contributed by atoms with Crippen molar-refractivity contribution in [3.63, 3.8) is 0 Å². The fraction of sp³-hybridized carbons (Fsp3) is 0.727. The van der Waals surface area contributed by atoms with Crippen molar-refractivity contribution in [2.45, 2.75) is 322 Å². The Labute approximate surface area is 577 Å². The maximum Gasteiger partial charge on any atom is 0.472 e. The van der Waals surface area contributed by atoms with Gasteiger partial charge in [-0.15, -0.1) is 0 Å². The number of phosphoric acid groups is 2. The second kappa shape index (κ2) is 70.1. The van der Waals surface area contributed by atoms with Gasteiger partial charge in [-0.1, -0.05) is 284 Å². The molecule has 0 saturated heterocycles. The third-order valence-corrected chi connectivity index (χ3v) is 17.4. The number of hydrogen-bond acceptors (Lipinski definition) is 14. The first-order valence-corrected chi connectivity index (χ1v) is 40.2. The highest BCUT2D eigenvalue weighted by molar-refractivity contribution is 7.47. The summed E-state index contributed by atoms with van der Waals surface area (Å²) in [5.74, 6) is -1.61. The Bertz CT molecular complexity index is 2170. The second-order valence-corrected chi connectivity index (χ2v) is 27.6. The summed E-state index contributed by atoms with van der Waals surface area (Å²) < 4.78 is 61.0. The monoisotopic (exact) mass is 1380 g/mol. The zero-order valence-corrected chi connectivity index (χ0v) is 61.4. The number of esters is 3. The van der Waals surface area contributed by atoms with Gasteiger partial charge in [-0.3, -0.25) is 32.5 Å². The molecule has 0 aliphatic carbocycles. The van der Waals surface area contributed by atoms with E-state index in [2.05, 4.69) is 130 Å². The van der Waals surface area contributed by atoms with Crippen molar-refractivity contribution in [3.8, 4) is 0 Å². The van der Waals surface area contributed by atoms with Crippen LogP contribution in [0.3, 0.4) is 0 Å². The number of phosphoric ester groups is 2. The van der Waals surface area contributed by atoms with Gasteiger partial charge in [0.05, 0.1) is 26.4 Å². The zero-order valence-electron chi connectivity index (χ0n) is 59.6. The van der Waals surface area contributed by atoms with Crippen LogP contribution in [-0.4, -0.2) is 95.9 Å². The van der Waals surface area contributed by atoms with Crippen molar-refractivity contribution in [2.75, 3.05) is 39.6 Å². The largest absolute Gasteiger partial charge is 0.472 e. The first-order chi connectivity index (χ1) is 46.2. The van der Waals surface area contributed by atoms with Crippen molar-refractivity contribution in [1.29, 1.82) is 0 Å².